The Bertz CT molecular complexity index is 915. The third-order valence-electron chi connectivity index (χ3n) is 3.86. The molecule has 0 spiro atoms. The number of anilines is 1. The number of carbonyl (C=O) groups excluding carboxylic acids is 2. The number of hydrogen-bond acceptors (Lipinski definition) is 5. The number of benzene rings is 2. The molecule has 1 atom stereocenters. The Hall–Kier alpha value is -3.74. The third kappa shape index (κ3) is 5.63. The first-order chi connectivity index (χ1) is 13.6. The van der Waals surface area contributed by atoms with Gasteiger partial charge in [-0.05, 0) is 35.9 Å². The van der Waals surface area contributed by atoms with Crippen LogP contribution in [-0.2, 0) is 9.59 Å². The third-order valence-corrected chi connectivity index (χ3v) is 3.86. The molecule has 0 aliphatic heterocycles. The Balaban J connectivity index is 1.60. The predicted octanol–water partition coefficient (Wildman–Crippen LogP) is 3.47. The molecule has 1 aromatic heterocycles. The van der Waals surface area contributed by atoms with E-state index in [0.717, 1.165) is 5.56 Å². The smallest absolute Gasteiger partial charge is 0.321 e. The van der Waals surface area contributed by atoms with Gasteiger partial charge in [-0.15, -0.1) is 0 Å². The van der Waals surface area contributed by atoms with Crippen LogP contribution < -0.4 is 15.4 Å². The molecular weight excluding hydrogens is 356 g/mol. The lowest BCUT2D eigenvalue weighted by Gasteiger charge is -2.18. The molecule has 2 amide bonds. The van der Waals surface area contributed by atoms with Gasteiger partial charge in [-0.1, -0.05) is 30.3 Å². The van der Waals surface area contributed by atoms with E-state index in [2.05, 4.69) is 20.6 Å². The molecule has 0 aliphatic carbocycles. The number of aromatic nitrogens is 2. The van der Waals surface area contributed by atoms with Gasteiger partial charge in [0.2, 0.25) is 11.8 Å². The molecule has 2 N–H and O–H groups in total. The molecular formula is C21H20N4O3. The second kappa shape index (κ2) is 9.27. The quantitative estimate of drug-likeness (QED) is 0.658. The average Bonchev–Trinajstić information content (AvgIpc) is 2.70. The lowest BCUT2D eigenvalue weighted by Crippen LogP contribution is -2.29. The van der Waals surface area contributed by atoms with Crippen LogP contribution in [0.2, 0.25) is 0 Å². The minimum absolute atomic E-state index is 0.125. The van der Waals surface area contributed by atoms with Crippen molar-refractivity contribution in [1.82, 2.24) is 15.3 Å². The van der Waals surface area contributed by atoms with Gasteiger partial charge in [0.1, 0.15) is 5.75 Å². The van der Waals surface area contributed by atoms with E-state index in [1.165, 1.54) is 6.92 Å². The van der Waals surface area contributed by atoms with E-state index < -0.39 is 6.04 Å². The first-order valence-corrected chi connectivity index (χ1v) is 8.77. The van der Waals surface area contributed by atoms with Crippen LogP contribution in [0.1, 0.15) is 24.9 Å². The van der Waals surface area contributed by atoms with E-state index in [1.54, 1.807) is 42.7 Å². The van der Waals surface area contributed by atoms with Crippen LogP contribution in [0.5, 0.6) is 11.8 Å². The summed E-state index contributed by atoms with van der Waals surface area (Å²) >= 11 is 0. The van der Waals surface area contributed by atoms with Crippen LogP contribution in [0.3, 0.4) is 0 Å². The van der Waals surface area contributed by atoms with Crippen molar-refractivity contribution < 1.29 is 14.3 Å². The monoisotopic (exact) mass is 376 g/mol. The highest BCUT2D eigenvalue weighted by Crippen LogP contribution is 2.21. The molecule has 0 fully saturated rings. The highest BCUT2D eigenvalue weighted by atomic mass is 16.5. The minimum atomic E-state index is -0.392. The largest absolute Gasteiger partial charge is 0.424 e. The van der Waals surface area contributed by atoms with Crippen LogP contribution in [0.25, 0.3) is 0 Å². The lowest BCUT2D eigenvalue weighted by atomic mass is 10.0. The summed E-state index contributed by atoms with van der Waals surface area (Å²) < 4.78 is 5.52. The minimum Gasteiger partial charge on any atom is -0.424 e. The molecule has 7 nitrogen and oxygen atoms in total. The van der Waals surface area contributed by atoms with Crippen molar-refractivity contribution in [3.63, 3.8) is 0 Å². The number of rotatable bonds is 7. The van der Waals surface area contributed by atoms with Crippen molar-refractivity contribution in [2.45, 2.75) is 19.4 Å². The maximum absolute atomic E-state index is 12.4. The second-order valence-corrected chi connectivity index (χ2v) is 6.07. The van der Waals surface area contributed by atoms with Crippen LogP contribution >= 0.6 is 0 Å². The number of nitrogens with one attached hydrogen (secondary N) is 2. The van der Waals surface area contributed by atoms with Crippen molar-refractivity contribution in [3.8, 4) is 11.8 Å². The molecule has 1 heterocycles. The molecule has 28 heavy (non-hydrogen) atoms. The summed E-state index contributed by atoms with van der Waals surface area (Å²) in [6.45, 7) is 1.43. The van der Waals surface area contributed by atoms with Gasteiger partial charge in [-0.25, -0.2) is 9.97 Å². The summed E-state index contributed by atoms with van der Waals surface area (Å²) in [6.07, 6.45) is 3.31. The fraction of sp³-hybridized carbons (Fsp3) is 0.143. The van der Waals surface area contributed by atoms with Crippen LogP contribution in [0.4, 0.5) is 5.69 Å². The number of nitrogens with zero attached hydrogens (tertiary/aromatic N) is 2. The van der Waals surface area contributed by atoms with Gasteiger partial charge in [0.25, 0.3) is 0 Å². The van der Waals surface area contributed by atoms with Crippen molar-refractivity contribution in [2.75, 3.05) is 5.32 Å². The summed E-state index contributed by atoms with van der Waals surface area (Å²) in [5.41, 5.74) is 1.50. The zero-order valence-electron chi connectivity index (χ0n) is 15.3. The number of ether oxygens (including phenoxy) is 1. The van der Waals surface area contributed by atoms with Gasteiger partial charge in [-0.2, -0.15) is 0 Å². The van der Waals surface area contributed by atoms with Gasteiger partial charge >= 0.3 is 6.01 Å². The maximum atomic E-state index is 12.4. The molecule has 0 saturated carbocycles. The first kappa shape index (κ1) is 19.0. The SMILES string of the molecule is CC(=O)NC(CC(=O)Nc1ccc(Oc2ncccn2)cc1)c1ccccc1. The predicted molar refractivity (Wildman–Crippen MR) is 105 cm³/mol. The van der Waals surface area contributed by atoms with Crippen molar-refractivity contribution in [3.05, 3.63) is 78.6 Å². The molecule has 0 saturated heterocycles. The highest BCUT2D eigenvalue weighted by molar-refractivity contribution is 5.91. The topological polar surface area (TPSA) is 93.2 Å². The van der Waals surface area contributed by atoms with Crippen LogP contribution in [-0.4, -0.2) is 21.8 Å². The van der Waals surface area contributed by atoms with E-state index in [0.29, 0.717) is 11.4 Å². The maximum Gasteiger partial charge on any atom is 0.321 e. The Labute approximate surface area is 162 Å². The Morgan fingerprint density at radius 2 is 1.64 bits per heavy atom. The van der Waals surface area contributed by atoms with Gasteiger partial charge < -0.3 is 15.4 Å². The summed E-state index contributed by atoms with van der Waals surface area (Å²) in [5, 5.41) is 5.65. The second-order valence-electron chi connectivity index (χ2n) is 6.07. The number of carbonyl (C=O) groups is 2. The fourth-order valence-corrected chi connectivity index (χ4v) is 2.63. The van der Waals surface area contributed by atoms with Gasteiger partial charge in [-0.3, -0.25) is 9.59 Å². The molecule has 0 bridgehead atoms. The summed E-state index contributed by atoms with van der Waals surface area (Å²) in [5.74, 6) is 0.165. The zero-order valence-corrected chi connectivity index (χ0v) is 15.3. The van der Waals surface area contributed by atoms with Crippen LogP contribution in [0.15, 0.2) is 73.1 Å². The molecule has 0 aliphatic rings. The van der Waals surface area contributed by atoms with Crippen LogP contribution in [0, 0.1) is 0 Å². The van der Waals surface area contributed by atoms with Crippen molar-refractivity contribution >= 4 is 17.5 Å². The molecule has 142 valence electrons. The molecule has 3 rings (SSSR count). The summed E-state index contributed by atoms with van der Waals surface area (Å²) in [4.78, 5) is 31.9. The molecule has 7 heteroatoms. The van der Waals surface area contributed by atoms with Gasteiger partial charge in [0.15, 0.2) is 0 Å². The van der Waals surface area contributed by atoms with E-state index in [1.807, 2.05) is 30.3 Å². The fourth-order valence-electron chi connectivity index (χ4n) is 2.63. The molecule has 3 aromatic rings. The first-order valence-electron chi connectivity index (χ1n) is 8.77. The van der Waals surface area contributed by atoms with Crippen molar-refractivity contribution in [1.29, 1.82) is 0 Å². The van der Waals surface area contributed by atoms with E-state index >= 15 is 0 Å². The zero-order chi connectivity index (χ0) is 19.8. The lowest BCUT2D eigenvalue weighted by molar-refractivity contribution is -0.120. The van der Waals surface area contributed by atoms with Crippen molar-refractivity contribution in [2.24, 2.45) is 0 Å². The summed E-state index contributed by atoms with van der Waals surface area (Å²) in [6, 6.07) is 17.8. The Kier molecular flexibility index (Phi) is 6.30. The molecule has 0 radical (unpaired) electrons. The Morgan fingerprint density at radius 3 is 2.29 bits per heavy atom. The summed E-state index contributed by atoms with van der Waals surface area (Å²) in [7, 11) is 0. The normalized spacial score (nSPS) is 11.3. The number of hydrogen-bond donors (Lipinski definition) is 2. The van der Waals surface area contributed by atoms with E-state index in [-0.39, 0.29) is 24.2 Å². The van der Waals surface area contributed by atoms with E-state index in [4.69, 9.17) is 4.74 Å². The van der Waals surface area contributed by atoms with E-state index in [9.17, 15) is 9.59 Å². The van der Waals surface area contributed by atoms with Gasteiger partial charge in [0.05, 0.1) is 12.5 Å². The molecule has 2 aromatic carbocycles. The Morgan fingerprint density at radius 1 is 0.964 bits per heavy atom. The standard InChI is InChI=1S/C21H20N4O3/c1-15(26)24-19(16-6-3-2-4-7-16)14-20(27)25-17-8-10-18(11-9-17)28-21-22-12-5-13-23-21/h2-13,19H,14H2,1H3,(H,24,26)(H,25,27). The highest BCUT2D eigenvalue weighted by Gasteiger charge is 2.17. The molecule has 1 unspecified atom stereocenters. The number of amides is 2. The average molecular weight is 376 g/mol. The van der Waals surface area contributed by atoms with Gasteiger partial charge in [0, 0.05) is 25.0 Å².